The van der Waals surface area contributed by atoms with E-state index >= 15 is 0 Å². The first-order valence-electron chi connectivity index (χ1n) is 6.80. The van der Waals surface area contributed by atoms with Crippen molar-refractivity contribution < 1.29 is 0 Å². The molecule has 1 aliphatic heterocycles. The highest BCUT2D eigenvalue weighted by atomic mass is 35.5. The van der Waals surface area contributed by atoms with Gasteiger partial charge in [0.2, 0.25) is 0 Å². The van der Waals surface area contributed by atoms with E-state index in [-0.39, 0.29) is 0 Å². The molecule has 1 unspecified atom stereocenters. The largest absolute Gasteiger partial charge is 0.344 e. The van der Waals surface area contributed by atoms with Crippen LogP contribution in [-0.4, -0.2) is 16.5 Å². The number of piperidine rings is 1. The normalized spacial score (nSPS) is 19.6. The molecule has 3 nitrogen and oxygen atoms in total. The maximum atomic E-state index is 6.05. The van der Waals surface area contributed by atoms with E-state index in [0.717, 1.165) is 40.8 Å². The maximum Gasteiger partial charge on any atom is 0.124 e. The van der Waals surface area contributed by atoms with Crippen LogP contribution < -0.4 is 5.32 Å². The second kappa shape index (κ2) is 5.35. The average molecular weight is 276 g/mol. The van der Waals surface area contributed by atoms with Gasteiger partial charge in [0.05, 0.1) is 11.7 Å². The van der Waals surface area contributed by atoms with Crippen LogP contribution in [0.5, 0.6) is 0 Å². The number of rotatable bonds is 2. The van der Waals surface area contributed by atoms with Crippen molar-refractivity contribution in [2.75, 3.05) is 6.54 Å². The summed E-state index contributed by atoms with van der Waals surface area (Å²) >= 11 is 6.05. The van der Waals surface area contributed by atoms with Crippen LogP contribution >= 0.6 is 11.6 Å². The van der Waals surface area contributed by atoms with Gasteiger partial charge in [-0.2, -0.15) is 0 Å². The van der Waals surface area contributed by atoms with Gasteiger partial charge in [-0.15, -0.1) is 0 Å². The lowest BCUT2D eigenvalue weighted by atomic mass is 10.0. The van der Waals surface area contributed by atoms with Crippen LogP contribution in [0.15, 0.2) is 24.3 Å². The molecule has 3 rings (SSSR count). The highest BCUT2D eigenvalue weighted by Crippen LogP contribution is 2.27. The van der Waals surface area contributed by atoms with Crippen molar-refractivity contribution in [3.63, 3.8) is 0 Å². The molecule has 19 heavy (non-hydrogen) atoms. The van der Waals surface area contributed by atoms with Crippen molar-refractivity contribution in [3.05, 3.63) is 40.8 Å². The van der Waals surface area contributed by atoms with Crippen molar-refractivity contribution in [3.8, 4) is 11.3 Å². The average Bonchev–Trinajstić information content (AvgIpc) is 2.82. The second-order valence-corrected chi connectivity index (χ2v) is 5.54. The van der Waals surface area contributed by atoms with E-state index in [1.54, 1.807) is 0 Å². The molecule has 1 aromatic carbocycles. The summed E-state index contributed by atoms with van der Waals surface area (Å²) in [6, 6.07) is 8.22. The molecule has 1 aromatic heterocycles. The van der Waals surface area contributed by atoms with E-state index in [1.165, 1.54) is 12.8 Å². The van der Waals surface area contributed by atoms with Gasteiger partial charge < -0.3 is 10.3 Å². The Bertz CT molecular complexity index is 571. The predicted molar refractivity (Wildman–Crippen MR) is 78.4 cm³/mol. The minimum absolute atomic E-state index is 0.361. The van der Waals surface area contributed by atoms with E-state index in [1.807, 2.05) is 24.3 Å². The highest BCUT2D eigenvalue weighted by Gasteiger charge is 2.19. The summed E-state index contributed by atoms with van der Waals surface area (Å²) in [5.41, 5.74) is 3.18. The first kappa shape index (κ1) is 12.7. The van der Waals surface area contributed by atoms with Crippen molar-refractivity contribution in [2.24, 2.45) is 0 Å². The fourth-order valence-electron chi connectivity index (χ4n) is 2.65. The Morgan fingerprint density at radius 3 is 2.95 bits per heavy atom. The summed E-state index contributed by atoms with van der Waals surface area (Å²) in [5, 5.41) is 4.27. The Labute approximate surface area is 118 Å². The minimum Gasteiger partial charge on any atom is -0.344 e. The van der Waals surface area contributed by atoms with Crippen molar-refractivity contribution in [2.45, 2.75) is 32.2 Å². The van der Waals surface area contributed by atoms with Gasteiger partial charge in [0.1, 0.15) is 5.82 Å². The van der Waals surface area contributed by atoms with Gasteiger partial charge in [0.15, 0.2) is 0 Å². The molecule has 4 heteroatoms. The molecule has 2 N–H and O–H groups in total. The fourth-order valence-corrected chi connectivity index (χ4v) is 2.84. The monoisotopic (exact) mass is 275 g/mol. The van der Waals surface area contributed by atoms with Crippen molar-refractivity contribution >= 4 is 11.6 Å². The number of benzene rings is 1. The summed E-state index contributed by atoms with van der Waals surface area (Å²) in [6.07, 6.45) is 3.68. The molecule has 0 aliphatic carbocycles. The summed E-state index contributed by atoms with van der Waals surface area (Å²) < 4.78 is 0. The van der Waals surface area contributed by atoms with Crippen LogP contribution in [-0.2, 0) is 0 Å². The number of nitrogens with one attached hydrogen (secondary N) is 2. The third kappa shape index (κ3) is 2.67. The number of nitrogens with zero attached hydrogens (tertiary/aromatic N) is 1. The zero-order chi connectivity index (χ0) is 13.2. The zero-order valence-corrected chi connectivity index (χ0v) is 11.8. The predicted octanol–water partition coefficient (Wildman–Crippen LogP) is 3.85. The van der Waals surface area contributed by atoms with Gasteiger partial charge in [-0.25, -0.2) is 4.98 Å². The number of imidazole rings is 1. The Morgan fingerprint density at radius 1 is 1.32 bits per heavy atom. The van der Waals surface area contributed by atoms with Crippen molar-refractivity contribution in [1.29, 1.82) is 0 Å². The lowest BCUT2D eigenvalue weighted by Gasteiger charge is -2.21. The molecule has 2 heterocycles. The first-order valence-corrected chi connectivity index (χ1v) is 7.17. The molecule has 0 saturated carbocycles. The number of halogens is 1. The molecule has 0 radical (unpaired) electrons. The van der Waals surface area contributed by atoms with E-state index in [4.69, 9.17) is 16.6 Å². The summed E-state index contributed by atoms with van der Waals surface area (Å²) in [6.45, 7) is 3.15. The summed E-state index contributed by atoms with van der Waals surface area (Å²) in [5.74, 6) is 1.05. The molecule has 100 valence electrons. The topological polar surface area (TPSA) is 40.7 Å². The molecule has 0 spiro atoms. The molecule has 2 aromatic rings. The maximum absolute atomic E-state index is 6.05. The van der Waals surface area contributed by atoms with Crippen LogP contribution in [0, 0.1) is 6.92 Å². The number of aryl methyl sites for hydroxylation is 1. The van der Waals surface area contributed by atoms with E-state index in [2.05, 4.69) is 17.2 Å². The number of H-pyrrole nitrogens is 1. The SMILES string of the molecule is Cc1[nH]c(C2CCCCN2)nc1-c1cccc(Cl)c1. The van der Waals surface area contributed by atoms with Gasteiger partial charge in [0, 0.05) is 16.3 Å². The van der Waals surface area contributed by atoms with Crippen LogP contribution in [0.1, 0.15) is 36.8 Å². The fraction of sp³-hybridized carbons (Fsp3) is 0.400. The van der Waals surface area contributed by atoms with Crippen LogP contribution in [0.2, 0.25) is 5.02 Å². The number of aromatic nitrogens is 2. The number of hydrogen-bond donors (Lipinski definition) is 2. The van der Waals surface area contributed by atoms with Gasteiger partial charge in [-0.1, -0.05) is 30.2 Å². The van der Waals surface area contributed by atoms with E-state index in [0.29, 0.717) is 6.04 Å². The third-order valence-electron chi connectivity index (χ3n) is 3.64. The van der Waals surface area contributed by atoms with Crippen LogP contribution in [0.25, 0.3) is 11.3 Å². The highest BCUT2D eigenvalue weighted by molar-refractivity contribution is 6.30. The lowest BCUT2D eigenvalue weighted by Crippen LogP contribution is -2.27. The summed E-state index contributed by atoms with van der Waals surface area (Å²) in [7, 11) is 0. The smallest absolute Gasteiger partial charge is 0.124 e. The molecule has 0 amide bonds. The molecule has 1 aliphatic rings. The first-order chi connectivity index (χ1) is 9.24. The quantitative estimate of drug-likeness (QED) is 0.874. The van der Waals surface area contributed by atoms with Gasteiger partial charge >= 0.3 is 0 Å². The Hall–Kier alpha value is -1.32. The van der Waals surface area contributed by atoms with Gasteiger partial charge in [-0.3, -0.25) is 0 Å². The van der Waals surface area contributed by atoms with Gasteiger partial charge in [-0.05, 0) is 38.4 Å². The van der Waals surface area contributed by atoms with Crippen LogP contribution in [0.3, 0.4) is 0 Å². The molecule has 1 fully saturated rings. The number of hydrogen-bond acceptors (Lipinski definition) is 2. The van der Waals surface area contributed by atoms with Gasteiger partial charge in [0.25, 0.3) is 0 Å². The summed E-state index contributed by atoms with van der Waals surface area (Å²) in [4.78, 5) is 8.18. The van der Waals surface area contributed by atoms with Crippen LogP contribution in [0.4, 0.5) is 0 Å². The Balaban J connectivity index is 1.92. The zero-order valence-electron chi connectivity index (χ0n) is 11.0. The van der Waals surface area contributed by atoms with Crippen molar-refractivity contribution in [1.82, 2.24) is 15.3 Å². The second-order valence-electron chi connectivity index (χ2n) is 5.11. The van der Waals surface area contributed by atoms with E-state index in [9.17, 15) is 0 Å². The molecular formula is C15H18ClN3. The third-order valence-corrected chi connectivity index (χ3v) is 3.88. The minimum atomic E-state index is 0.361. The Kier molecular flexibility index (Phi) is 3.58. The number of aromatic amines is 1. The molecule has 1 saturated heterocycles. The standard InChI is InChI=1S/C15H18ClN3/c1-10-14(11-5-4-6-12(16)9-11)19-15(18-10)13-7-2-3-8-17-13/h4-6,9,13,17H,2-3,7-8H2,1H3,(H,18,19). The molecule has 0 bridgehead atoms. The van der Waals surface area contributed by atoms with E-state index < -0.39 is 0 Å². The lowest BCUT2D eigenvalue weighted by molar-refractivity contribution is 0.399. The molecule has 1 atom stereocenters. The molecular weight excluding hydrogens is 258 g/mol. The Morgan fingerprint density at radius 2 is 2.21 bits per heavy atom.